The van der Waals surface area contributed by atoms with Gasteiger partial charge in [0.2, 0.25) is 0 Å². The maximum Gasteiger partial charge on any atom is 0.0709 e. The van der Waals surface area contributed by atoms with Crippen molar-refractivity contribution in [2.45, 2.75) is 11.8 Å². The Morgan fingerprint density at radius 3 is 2.44 bits per heavy atom. The van der Waals surface area contributed by atoms with E-state index in [1.54, 1.807) is 14.2 Å². The predicted octanol–water partition coefficient (Wildman–Crippen LogP) is 3.10. The van der Waals surface area contributed by atoms with Crippen molar-refractivity contribution in [3.63, 3.8) is 0 Å². The lowest BCUT2D eigenvalue weighted by Crippen LogP contribution is -2.30. The summed E-state index contributed by atoms with van der Waals surface area (Å²) >= 11 is 0. The van der Waals surface area contributed by atoms with Gasteiger partial charge in [-0.05, 0) is 17.6 Å². The molecule has 2 rings (SSSR count). The number of rotatable bonds is 5. The van der Waals surface area contributed by atoms with Crippen LogP contribution in [0.4, 0.5) is 0 Å². The van der Waals surface area contributed by atoms with Gasteiger partial charge in [-0.2, -0.15) is 0 Å². The van der Waals surface area contributed by atoms with Crippen LogP contribution in [0.2, 0.25) is 0 Å². The molecule has 0 aromatic heterocycles. The highest BCUT2D eigenvalue weighted by Gasteiger charge is 2.30. The van der Waals surface area contributed by atoms with E-state index in [1.165, 1.54) is 11.1 Å². The third-order valence-corrected chi connectivity index (χ3v) is 3.41. The highest BCUT2D eigenvalue weighted by Crippen LogP contribution is 2.34. The lowest BCUT2D eigenvalue weighted by molar-refractivity contribution is 0.150. The van der Waals surface area contributed by atoms with Crippen LogP contribution in [0.5, 0.6) is 0 Å². The van der Waals surface area contributed by atoms with Crippen molar-refractivity contribution >= 4 is 0 Å². The van der Waals surface area contributed by atoms with E-state index in [0.717, 1.165) is 6.42 Å². The molecule has 0 amide bonds. The molecule has 0 saturated heterocycles. The van der Waals surface area contributed by atoms with Gasteiger partial charge >= 0.3 is 0 Å². The van der Waals surface area contributed by atoms with Crippen LogP contribution >= 0.6 is 0 Å². The molecule has 0 spiro atoms. The Labute approximate surface area is 109 Å². The van der Waals surface area contributed by atoms with E-state index >= 15 is 0 Å². The first-order chi connectivity index (χ1) is 8.80. The van der Waals surface area contributed by atoms with Crippen molar-refractivity contribution in [1.29, 1.82) is 0 Å². The first-order valence-electron chi connectivity index (χ1n) is 6.22. The second kappa shape index (κ2) is 5.98. The summed E-state index contributed by atoms with van der Waals surface area (Å²) in [5.74, 6) is 0. The SMILES string of the molecule is COCC1=CCC(COC)(c2ccccc2)C=C1. The zero-order valence-electron chi connectivity index (χ0n) is 11.1. The summed E-state index contributed by atoms with van der Waals surface area (Å²) < 4.78 is 10.6. The lowest BCUT2D eigenvalue weighted by atomic mass is 9.75. The second-order valence-electron chi connectivity index (χ2n) is 4.70. The lowest BCUT2D eigenvalue weighted by Gasteiger charge is -2.32. The molecule has 0 saturated carbocycles. The van der Waals surface area contributed by atoms with Gasteiger partial charge in [0.25, 0.3) is 0 Å². The van der Waals surface area contributed by atoms with E-state index in [4.69, 9.17) is 9.47 Å². The van der Waals surface area contributed by atoms with E-state index in [9.17, 15) is 0 Å². The van der Waals surface area contributed by atoms with Crippen LogP contribution in [0.1, 0.15) is 12.0 Å². The molecule has 0 fully saturated rings. The van der Waals surface area contributed by atoms with Crippen LogP contribution in [0.25, 0.3) is 0 Å². The third-order valence-electron chi connectivity index (χ3n) is 3.41. The molecule has 0 aliphatic heterocycles. The van der Waals surface area contributed by atoms with Gasteiger partial charge in [0, 0.05) is 19.6 Å². The molecule has 0 bridgehead atoms. The Morgan fingerprint density at radius 2 is 1.89 bits per heavy atom. The minimum absolute atomic E-state index is 0.0345. The third kappa shape index (κ3) is 2.71. The number of methoxy groups -OCH3 is 2. The minimum Gasteiger partial charge on any atom is -0.383 e. The standard InChI is InChI=1S/C16H20O2/c1-17-12-14-8-10-16(11-9-14,13-18-2)15-6-4-3-5-7-15/h3-10H,11-13H2,1-2H3. The van der Waals surface area contributed by atoms with Crippen LogP contribution in [0.3, 0.4) is 0 Å². The average Bonchev–Trinajstić information content (AvgIpc) is 2.43. The van der Waals surface area contributed by atoms with Crippen LogP contribution in [-0.2, 0) is 14.9 Å². The molecule has 0 N–H and O–H groups in total. The Hall–Kier alpha value is -1.38. The highest BCUT2D eigenvalue weighted by atomic mass is 16.5. The summed E-state index contributed by atoms with van der Waals surface area (Å²) in [4.78, 5) is 0. The summed E-state index contributed by atoms with van der Waals surface area (Å²) in [6.45, 7) is 1.37. The van der Waals surface area contributed by atoms with E-state index in [2.05, 4.69) is 42.5 Å². The van der Waals surface area contributed by atoms with Gasteiger partial charge in [0.05, 0.1) is 13.2 Å². The quantitative estimate of drug-likeness (QED) is 0.792. The van der Waals surface area contributed by atoms with Crippen molar-refractivity contribution in [2.75, 3.05) is 27.4 Å². The fourth-order valence-corrected chi connectivity index (χ4v) is 2.42. The van der Waals surface area contributed by atoms with Gasteiger partial charge in [-0.1, -0.05) is 48.6 Å². The molecule has 1 aliphatic carbocycles. The Bertz CT molecular complexity index is 434. The molecule has 2 nitrogen and oxygen atoms in total. The highest BCUT2D eigenvalue weighted by molar-refractivity contribution is 5.39. The van der Waals surface area contributed by atoms with Crippen LogP contribution in [0.15, 0.2) is 54.1 Å². The van der Waals surface area contributed by atoms with Crippen molar-refractivity contribution < 1.29 is 9.47 Å². The van der Waals surface area contributed by atoms with E-state index < -0.39 is 0 Å². The number of allylic oxidation sites excluding steroid dienone is 1. The predicted molar refractivity (Wildman–Crippen MR) is 73.7 cm³/mol. The zero-order valence-corrected chi connectivity index (χ0v) is 11.1. The van der Waals surface area contributed by atoms with E-state index in [0.29, 0.717) is 13.2 Å². The van der Waals surface area contributed by atoms with Crippen LogP contribution in [-0.4, -0.2) is 27.4 Å². The maximum absolute atomic E-state index is 5.42. The molecular formula is C16H20O2. The largest absolute Gasteiger partial charge is 0.383 e. The Kier molecular flexibility index (Phi) is 4.34. The minimum atomic E-state index is -0.0345. The fourth-order valence-electron chi connectivity index (χ4n) is 2.42. The van der Waals surface area contributed by atoms with Crippen LogP contribution in [0, 0.1) is 0 Å². The van der Waals surface area contributed by atoms with Crippen molar-refractivity contribution in [1.82, 2.24) is 0 Å². The molecule has 0 heterocycles. The Balaban J connectivity index is 2.24. The molecule has 96 valence electrons. The van der Waals surface area contributed by atoms with Gasteiger partial charge in [-0.25, -0.2) is 0 Å². The molecule has 1 atom stereocenters. The second-order valence-corrected chi connectivity index (χ2v) is 4.70. The fraction of sp³-hybridized carbons (Fsp3) is 0.375. The first-order valence-corrected chi connectivity index (χ1v) is 6.22. The normalized spacial score (nSPS) is 22.9. The molecule has 1 unspecified atom stereocenters. The smallest absolute Gasteiger partial charge is 0.0709 e. The molecular weight excluding hydrogens is 224 g/mol. The molecule has 1 aromatic rings. The van der Waals surface area contributed by atoms with Gasteiger partial charge < -0.3 is 9.47 Å². The average molecular weight is 244 g/mol. The topological polar surface area (TPSA) is 18.5 Å². The molecule has 1 aromatic carbocycles. The van der Waals surface area contributed by atoms with Gasteiger partial charge in [-0.15, -0.1) is 0 Å². The van der Waals surface area contributed by atoms with E-state index in [-0.39, 0.29) is 5.41 Å². The summed E-state index contributed by atoms with van der Waals surface area (Å²) in [7, 11) is 3.48. The number of ether oxygens (including phenoxy) is 2. The summed E-state index contributed by atoms with van der Waals surface area (Å²) in [6.07, 6.45) is 7.61. The van der Waals surface area contributed by atoms with Crippen molar-refractivity contribution in [2.24, 2.45) is 0 Å². The van der Waals surface area contributed by atoms with Gasteiger partial charge in [0.1, 0.15) is 0 Å². The van der Waals surface area contributed by atoms with E-state index in [1.807, 2.05) is 6.07 Å². The van der Waals surface area contributed by atoms with Crippen molar-refractivity contribution in [3.05, 3.63) is 59.7 Å². The van der Waals surface area contributed by atoms with Gasteiger partial charge in [-0.3, -0.25) is 0 Å². The maximum atomic E-state index is 5.42. The van der Waals surface area contributed by atoms with Gasteiger partial charge in [0.15, 0.2) is 0 Å². The summed E-state index contributed by atoms with van der Waals surface area (Å²) in [6, 6.07) is 10.5. The summed E-state index contributed by atoms with van der Waals surface area (Å²) in [5.41, 5.74) is 2.50. The summed E-state index contributed by atoms with van der Waals surface area (Å²) in [5, 5.41) is 0. The monoisotopic (exact) mass is 244 g/mol. The van der Waals surface area contributed by atoms with Crippen molar-refractivity contribution in [3.8, 4) is 0 Å². The molecule has 18 heavy (non-hydrogen) atoms. The Morgan fingerprint density at radius 1 is 1.11 bits per heavy atom. The zero-order chi connectivity index (χ0) is 12.8. The molecule has 1 aliphatic rings. The van der Waals surface area contributed by atoms with Crippen LogP contribution < -0.4 is 0 Å². The first kappa shape index (κ1) is 13.1. The molecule has 0 radical (unpaired) electrons. The number of benzene rings is 1. The molecule has 2 heteroatoms. The number of hydrogen-bond donors (Lipinski definition) is 0. The number of hydrogen-bond acceptors (Lipinski definition) is 2.